The summed E-state index contributed by atoms with van der Waals surface area (Å²) in [7, 11) is 4.53. The van der Waals surface area contributed by atoms with Crippen LogP contribution in [-0.2, 0) is 0 Å². The van der Waals surface area contributed by atoms with Crippen molar-refractivity contribution in [3.63, 3.8) is 0 Å². The fourth-order valence-corrected chi connectivity index (χ4v) is 4.07. The molecule has 2 heterocycles. The highest BCUT2D eigenvalue weighted by Crippen LogP contribution is 2.40. The minimum atomic E-state index is -0.443. The fraction of sp³-hybridized carbons (Fsp3) is 0.115. The minimum Gasteiger partial charge on any atom is -0.493 e. The molecular formula is C26H23N5O4. The molecule has 0 aliphatic heterocycles. The average Bonchev–Trinajstić information content (AvgIpc) is 3.17. The van der Waals surface area contributed by atoms with Crippen molar-refractivity contribution in [1.82, 2.24) is 14.5 Å². The molecule has 9 nitrogen and oxygen atoms in total. The highest BCUT2D eigenvalue weighted by Gasteiger charge is 2.25. The molecule has 0 spiro atoms. The number of nitrogen functional groups attached to an aromatic ring is 1. The maximum absolute atomic E-state index is 13.6. The number of nitrogens with two attached hydrogens (primary N) is 1. The number of carbonyl (C=O) groups excluding carboxylic acids is 1. The standard InChI is InChI=1S/C26H23N5O4/c1-33-19-13-15(14-20(34-2)23(19)35-3)28-26(32)21-22-25(30-18-12-8-7-11-17(18)29-22)31(24(21)27)16-9-5-4-6-10-16/h4-14H,27H2,1-3H3,(H,28,32). The number of para-hydroxylation sites is 3. The molecule has 2 aromatic heterocycles. The van der Waals surface area contributed by atoms with Crippen molar-refractivity contribution in [2.75, 3.05) is 32.4 Å². The van der Waals surface area contributed by atoms with Crippen LogP contribution in [0.4, 0.5) is 11.5 Å². The molecule has 0 bridgehead atoms. The van der Waals surface area contributed by atoms with Crippen LogP contribution in [0.2, 0.25) is 0 Å². The van der Waals surface area contributed by atoms with Crippen molar-refractivity contribution in [1.29, 1.82) is 0 Å². The molecule has 0 atom stereocenters. The summed E-state index contributed by atoms with van der Waals surface area (Å²) in [6.07, 6.45) is 0. The van der Waals surface area contributed by atoms with Crippen LogP contribution in [0.15, 0.2) is 66.7 Å². The fourth-order valence-electron chi connectivity index (χ4n) is 4.07. The summed E-state index contributed by atoms with van der Waals surface area (Å²) < 4.78 is 17.9. The van der Waals surface area contributed by atoms with E-state index >= 15 is 0 Å². The second-order valence-corrected chi connectivity index (χ2v) is 7.68. The number of carbonyl (C=O) groups is 1. The third kappa shape index (κ3) is 3.72. The second kappa shape index (κ2) is 8.86. The van der Waals surface area contributed by atoms with Gasteiger partial charge in [-0.15, -0.1) is 0 Å². The first-order valence-corrected chi connectivity index (χ1v) is 10.8. The summed E-state index contributed by atoms with van der Waals surface area (Å²) in [5, 5.41) is 2.89. The maximum Gasteiger partial charge on any atom is 0.261 e. The molecule has 9 heteroatoms. The summed E-state index contributed by atoms with van der Waals surface area (Å²) in [4.78, 5) is 23.1. The van der Waals surface area contributed by atoms with E-state index in [4.69, 9.17) is 29.9 Å². The molecule has 1 amide bonds. The number of benzene rings is 3. The third-order valence-corrected chi connectivity index (χ3v) is 5.66. The van der Waals surface area contributed by atoms with Gasteiger partial charge in [0.15, 0.2) is 17.1 Å². The number of methoxy groups -OCH3 is 3. The zero-order valence-corrected chi connectivity index (χ0v) is 19.4. The molecule has 35 heavy (non-hydrogen) atoms. The molecule has 0 saturated heterocycles. The number of nitrogens with zero attached hydrogens (tertiary/aromatic N) is 3. The Morgan fingerprint density at radius 1 is 0.857 bits per heavy atom. The van der Waals surface area contributed by atoms with Crippen molar-refractivity contribution >= 4 is 39.6 Å². The number of aromatic nitrogens is 3. The molecule has 5 rings (SSSR count). The Morgan fingerprint density at radius 3 is 2.06 bits per heavy atom. The summed E-state index contributed by atoms with van der Waals surface area (Å²) in [5.41, 5.74) is 10.3. The Bertz CT molecular complexity index is 1540. The normalized spacial score (nSPS) is 10.9. The Labute approximate surface area is 201 Å². The first-order chi connectivity index (χ1) is 17.0. The Morgan fingerprint density at radius 2 is 1.46 bits per heavy atom. The van der Waals surface area contributed by atoms with E-state index in [1.54, 1.807) is 16.7 Å². The molecule has 0 unspecified atom stereocenters. The van der Waals surface area contributed by atoms with E-state index in [-0.39, 0.29) is 11.4 Å². The van der Waals surface area contributed by atoms with Crippen LogP contribution in [0.5, 0.6) is 17.2 Å². The van der Waals surface area contributed by atoms with Crippen molar-refractivity contribution in [2.45, 2.75) is 0 Å². The number of rotatable bonds is 6. The smallest absolute Gasteiger partial charge is 0.261 e. The molecule has 3 aromatic carbocycles. The Hall–Kier alpha value is -4.79. The molecule has 5 aromatic rings. The second-order valence-electron chi connectivity index (χ2n) is 7.68. The van der Waals surface area contributed by atoms with Crippen molar-refractivity contribution < 1.29 is 19.0 Å². The monoisotopic (exact) mass is 469 g/mol. The van der Waals surface area contributed by atoms with Gasteiger partial charge in [-0.25, -0.2) is 9.97 Å². The van der Waals surface area contributed by atoms with Crippen LogP contribution >= 0.6 is 0 Å². The lowest BCUT2D eigenvalue weighted by Crippen LogP contribution is -2.15. The largest absolute Gasteiger partial charge is 0.493 e. The van der Waals surface area contributed by atoms with Gasteiger partial charge in [0.25, 0.3) is 5.91 Å². The van der Waals surface area contributed by atoms with Crippen LogP contribution in [0.1, 0.15) is 10.4 Å². The van der Waals surface area contributed by atoms with Gasteiger partial charge < -0.3 is 25.3 Å². The van der Waals surface area contributed by atoms with E-state index in [9.17, 15) is 4.79 Å². The van der Waals surface area contributed by atoms with Gasteiger partial charge in [0.2, 0.25) is 5.75 Å². The third-order valence-electron chi connectivity index (χ3n) is 5.66. The van der Waals surface area contributed by atoms with Gasteiger partial charge in [0.1, 0.15) is 16.9 Å². The van der Waals surface area contributed by atoms with Crippen molar-refractivity contribution in [3.8, 4) is 22.9 Å². The van der Waals surface area contributed by atoms with Crippen LogP contribution < -0.4 is 25.3 Å². The van der Waals surface area contributed by atoms with E-state index in [2.05, 4.69) is 5.32 Å². The number of amides is 1. The number of anilines is 2. The average molecular weight is 470 g/mol. The van der Waals surface area contributed by atoms with Crippen LogP contribution in [0, 0.1) is 0 Å². The molecule has 0 saturated carbocycles. The van der Waals surface area contributed by atoms with Gasteiger partial charge in [0, 0.05) is 23.5 Å². The first kappa shape index (κ1) is 22.0. The highest BCUT2D eigenvalue weighted by atomic mass is 16.5. The van der Waals surface area contributed by atoms with E-state index in [1.807, 2.05) is 54.6 Å². The number of hydrogen-bond donors (Lipinski definition) is 2. The lowest BCUT2D eigenvalue weighted by Gasteiger charge is -2.14. The highest BCUT2D eigenvalue weighted by molar-refractivity contribution is 6.16. The number of ether oxygens (including phenoxy) is 3. The molecule has 0 fully saturated rings. The molecule has 3 N–H and O–H groups in total. The van der Waals surface area contributed by atoms with E-state index in [1.165, 1.54) is 21.3 Å². The summed E-state index contributed by atoms with van der Waals surface area (Å²) in [6, 6.07) is 20.3. The quantitative estimate of drug-likeness (QED) is 0.378. The molecule has 176 valence electrons. The topological polar surface area (TPSA) is 114 Å². The van der Waals surface area contributed by atoms with E-state index in [0.717, 1.165) is 5.69 Å². The van der Waals surface area contributed by atoms with Gasteiger partial charge in [-0.05, 0) is 24.3 Å². The summed E-state index contributed by atoms with van der Waals surface area (Å²) >= 11 is 0. The van der Waals surface area contributed by atoms with Crippen LogP contribution in [-0.4, -0.2) is 41.8 Å². The van der Waals surface area contributed by atoms with E-state index in [0.29, 0.717) is 45.1 Å². The minimum absolute atomic E-state index is 0.218. The zero-order valence-electron chi connectivity index (χ0n) is 19.4. The van der Waals surface area contributed by atoms with Gasteiger partial charge in [-0.3, -0.25) is 9.36 Å². The Kier molecular flexibility index (Phi) is 5.58. The summed E-state index contributed by atoms with van der Waals surface area (Å²) in [6.45, 7) is 0. The van der Waals surface area contributed by atoms with Gasteiger partial charge in [-0.2, -0.15) is 0 Å². The van der Waals surface area contributed by atoms with Crippen LogP contribution in [0.25, 0.3) is 27.9 Å². The predicted octanol–water partition coefficient (Wildman–Crippen LogP) is 4.43. The lowest BCUT2D eigenvalue weighted by atomic mass is 10.2. The van der Waals surface area contributed by atoms with E-state index < -0.39 is 5.91 Å². The van der Waals surface area contributed by atoms with Gasteiger partial charge in [0.05, 0.1) is 32.4 Å². The Balaban J connectivity index is 1.68. The van der Waals surface area contributed by atoms with Gasteiger partial charge >= 0.3 is 0 Å². The number of fused-ring (bicyclic) bond motifs is 2. The van der Waals surface area contributed by atoms with Crippen molar-refractivity contribution in [2.24, 2.45) is 0 Å². The lowest BCUT2D eigenvalue weighted by molar-refractivity contribution is 0.102. The maximum atomic E-state index is 13.6. The first-order valence-electron chi connectivity index (χ1n) is 10.8. The van der Waals surface area contributed by atoms with Crippen molar-refractivity contribution in [3.05, 3.63) is 72.3 Å². The predicted molar refractivity (Wildman–Crippen MR) is 135 cm³/mol. The zero-order chi connectivity index (χ0) is 24.5. The molecule has 0 radical (unpaired) electrons. The SMILES string of the molecule is COc1cc(NC(=O)c2c(N)n(-c3ccccc3)c3nc4ccccc4nc23)cc(OC)c1OC. The van der Waals surface area contributed by atoms with Gasteiger partial charge in [-0.1, -0.05) is 30.3 Å². The number of nitrogens with one attached hydrogen (secondary N) is 1. The summed E-state index contributed by atoms with van der Waals surface area (Å²) in [5.74, 6) is 1.03. The number of hydrogen-bond acceptors (Lipinski definition) is 7. The molecule has 0 aliphatic rings. The molecule has 0 aliphatic carbocycles. The van der Waals surface area contributed by atoms with Crippen LogP contribution in [0.3, 0.4) is 0 Å². The molecular weight excluding hydrogens is 446 g/mol.